The molecule has 0 bridgehead atoms. The van der Waals surface area contributed by atoms with Crippen molar-refractivity contribution in [3.05, 3.63) is 35.7 Å². The summed E-state index contributed by atoms with van der Waals surface area (Å²) in [6.45, 7) is 7.36. The predicted molar refractivity (Wildman–Crippen MR) is 125 cm³/mol. The molecule has 0 radical (unpaired) electrons. The Morgan fingerprint density at radius 2 is 1.88 bits per heavy atom. The number of amides is 1. The van der Waals surface area contributed by atoms with Crippen LogP contribution in [0.5, 0.6) is 0 Å². The van der Waals surface area contributed by atoms with Crippen molar-refractivity contribution in [3.63, 3.8) is 0 Å². The molecule has 10 heteroatoms. The van der Waals surface area contributed by atoms with Gasteiger partial charge in [-0.25, -0.2) is 13.4 Å². The first kappa shape index (κ1) is 21.5. The zero-order chi connectivity index (χ0) is 22.7. The lowest BCUT2D eigenvalue weighted by atomic mass is 10.1. The predicted octanol–water partition coefficient (Wildman–Crippen LogP) is 4.16. The van der Waals surface area contributed by atoms with Gasteiger partial charge in [-0.3, -0.25) is 14.8 Å². The molecular formula is C22H27N5O3S2. The number of thiazole rings is 1. The third-order valence-corrected chi connectivity index (χ3v) is 8.71. The lowest BCUT2D eigenvalue weighted by molar-refractivity contribution is 0.102. The van der Waals surface area contributed by atoms with Gasteiger partial charge in [0.25, 0.3) is 5.91 Å². The minimum Gasteiger partial charge on any atom is -0.296 e. The van der Waals surface area contributed by atoms with Crippen LogP contribution in [0.2, 0.25) is 0 Å². The Hall–Kier alpha value is -2.30. The minimum atomic E-state index is -3.49. The summed E-state index contributed by atoms with van der Waals surface area (Å²) in [5.74, 6) is 0.167. The van der Waals surface area contributed by atoms with Gasteiger partial charge in [-0.05, 0) is 70.7 Å². The quantitative estimate of drug-likeness (QED) is 0.600. The molecular weight excluding hydrogens is 446 g/mol. The second-order valence-electron chi connectivity index (χ2n) is 9.53. The molecule has 0 spiro atoms. The molecule has 1 saturated carbocycles. The minimum absolute atomic E-state index is 0.205. The normalized spacial score (nSPS) is 17.8. The monoisotopic (exact) mass is 473 g/mol. The Balaban J connectivity index is 1.39. The van der Waals surface area contributed by atoms with Crippen molar-refractivity contribution < 1.29 is 13.2 Å². The van der Waals surface area contributed by atoms with Crippen LogP contribution in [-0.4, -0.2) is 46.5 Å². The number of nitrogens with one attached hydrogen (secondary N) is 1. The van der Waals surface area contributed by atoms with E-state index in [0.717, 1.165) is 36.1 Å². The van der Waals surface area contributed by atoms with Crippen LogP contribution < -0.4 is 5.32 Å². The van der Waals surface area contributed by atoms with E-state index in [4.69, 9.17) is 0 Å². The fourth-order valence-electron chi connectivity index (χ4n) is 4.07. The smallest absolute Gasteiger partial charge is 0.277 e. The maximum absolute atomic E-state index is 12.9. The largest absolute Gasteiger partial charge is 0.296 e. The number of hydrogen-bond donors (Lipinski definition) is 1. The topological polar surface area (TPSA) is 97.2 Å². The van der Waals surface area contributed by atoms with E-state index in [1.54, 1.807) is 18.2 Å². The van der Waals surface area contributed by atoms with E-state index in [1.165, 1.54) is 15.6 Å². The van der Waals surface area contributed by atoms with Crippen LogP contribution in [0.25, 0.3) is 10.2 Å². The summed E-state index contributed by atoms with van der Waals surface area (Å²) in [7, 11) is -3.49. The van der Waals surface area contributed by atoms with Gasteiger partial charge in [0.05, 0.1) is 20.7 Å². The SMILES string of the molecule is CC(C)(C)n1nc(C(=O)Nc2nc3ccc(S(=O)(=O)N4CCCC4)cc3s2)cc1C1CC1. The van der Waals surface area contributed by atoms with Crippen molar-refractivity contribution in [1.29, 1.82) is 0 Å². The van der Waals surface area contributed by atoms with Crippen LogP contribution in [-0.2, 0) is 15.6 Å². The molecule has 1 amide bonds. The molecule has 3 aromatic rings. The molecule has 2 aliphatic rings. The zero-order valence-electron chi connectivity index (χ0n) is 18.5. The molecule has 8 nitrogen and oxygen atoms in total. The lowest BCUT2D eigenvalue weighted by Crippen LogP contribution is -2.27. The summed E-state index contributed by atoms with van der Waals surface area (Å²) in [4.78, 5) is 17.6. The van der Waals surface area contributed by atoms with Crippen LogP contribution in [0, 0.1) is 0 Å². The van der Waals surface area contributed by atoms with Crippen LogP contribution in [0.4, 0.5) is 5.13 Å². The molecule has 1 saturated heterocycles. The number of carbonyl (C=O) groups excluding carboxylic acids is 1. The highest BCUT2D eigenvalue weighted by molar-refractivity contribution is 7.89. The second kappa shape index (κ2) is 7.64. The third kappa shape index (κ3) is 3.95. The number of rotatable bonds is 5. The first-order valence-corrected chi connectivity index (χ1v) is 13.2. The summed E-state index contributed by atoms with van der Waals surface area (Å²) in [6, 6.07) is 6.82. The van der Waals surface area contributed by atoms with Gasteiger partial charge >= 0.3 is 0 Å². The van der Waals surface area contributed by atoms with Gasteiger partial charge in [-0.2, -0.15) is 9.40 Å². The van der Waals surface area contributed by atoms with E-state index >= 15 is 0 Å². The maximum Gasteiger partial charge on any atom is 0.277 e. The Bertz CT molecular complexity index is 1290. The molecule has 1 aliphatic carbocycles. The summed E-state index contributed by atoms with van der Waals surface area (Å²) in [5, 5.41) is 7.85. The summed E-state index contributed by atoms with van der Waals surface area (Å²) in [6.07, 6.45) is 4.05. The number of nitrogens with zero attached hydrogens (tertiary/aromatic N) is 4. The molecule has 0 unspecified atom stereocenters. The number of fused-ring (bicyclic) bond motifs is 1. The number of anilines is 1. The summed E-state index contributed by atoms with van der Waals surface area (Å²) < 4.78 is 29.9. The lowest BCUT2D eigenvalue weighted by Gasteiger charge is -2.22. The van der Waals surface area contributed by atoms with Gasteiger partial charge in [0, 0.05) is 24.7 Å². The highest BCUT2D eigenvalue weighted by Crippen LogP contribution is 2.42. The van der Waals surface area contributed by atoms with E-state index in [2.05, 4.69) is 36.2 Å². The van der Waals surface area contributed by atoms with Crippen molar-refractivity contribution in [2.75, 3.05) is 18.4 Å². The molecule has 1 aromatic carbocycles. The van der Waals surface area contributed by atoms with Crippen molar-refractivity contribution in [2.45, 2.75) is 62.8 Å². The molecule has 1 N–H and O–H groups in total. The summed E-state index contributed by atoms with van der Waals surface area (Å²) >= 11 is 1.27. The standard InChI is InChI=1S/C22H27N5O3S2/c1-22(2,3)27-18(14-6-7-14)13-17(25-27)20(28)24-21-23-16-9-8-15(12-19(16)31-21)32(29,30)26-10-4-5-11-26/h8-9,12-14H,4-7,10-11H2,1-3H3,(H,23,24,28). The van der Waals surface area contributed by atoms with Crippen LogP contribution in [0.15, 0.2) is 29.2 Å². The number of benzene rings is 1. The van der Waals surface area contributed by atoms with E-state index in [0.29, 0.717) is 35.3 Å². The molecule has 3 heterocycles. The molecule has 2 fully saturated rings. The number of sulfonamides is 1. The summed E-state index contributed by atoms with van der Waals surface area (Å²) in [5.41, 5.74) is 1.93. The number of aromatic nitrogens is 3. The molecule has 170 valence electrons. The third-order valence-electron chi connectivity index (χ3n) is 5.88. The van der Waals surface area contributed by atoms with Gasteiger partial charge in [-0.15, -0.1) is 0 Å². The molecule has 0 atom stereocenters. The Morgan fingerprint density at radius 1 is 1.16 bits per heavy atom. The highest BCUT2D eigenvalue weighted by atomic mass is 32.2. The molecule has 2 aromatic heterocycles. The number of hydrogen-bond acceptors (Lipinski definition) is 6. The highest BCUT2D eigenvalue weighted by Gasteiger charge is 2.33. The van der Waals surface area contributed by atoms with Crippen molar-refractivity contribution >= 4 is 42.6 Å². The van der Waals surface area contributed by atoms with E-state index in [1.807, 2.05) is 10.7 Å². The van der Waals surface area contributed by atoms with Crippen molar-refractivity contribution in [1.82, 2.24) is 19.1 Å². The molecule has 5 rings (SSSR count). The zero-order valence-corrected chi connectivity index (χ0v) is 20.1. The Morgan fingerprint density at radius 3 is 2.53 bits per heavy atom. The van der Waals surface area contributed by atoms with Gasteiger partial charge < -0.3 is 0 Å². The van der Waals surface area contributed by atoms with Gasteiger partial charge in [0.2, 0.25) is 10.0 Å². The average molecular weight is 474 g/mol. The van der Waals surface area contributed by atoms with Crippen LogP contribution in [0.3, 0.4) is 0 Å². The van der Waals surface area contributed by atoms with Gasteiger partial charge in [0.15, 0.2) is 10.8 Å². The average Bonchev–Trinajstić information content (AvgIpc) is 3.13. The van der Waals surface area contributed by atoms with Crippen molar-refractivity contribution in [2.24, 2.45) is 0 Å². The Labute approximate surface area is 191 Å². The number of carbonyl (C=O) groups is 1. The van der Waals surface area contributed by atoms with Crippen LogP contribution >= 0.6 is 11.3 Å². The van der Waals surface area contributed by atoms with Gasteiger partial charge in [-0.1, -0.05) is 11.3 Å². The Kier molecular flexibility index (Phi) is 5.14. The van der Waals surface area contributed by atoms with E-state index in [9.17, 15) is 13.2 Å². The first-order chi connectivity index (χ1) is 15.1. The maximum atomic E-state index is 12.9. The molecule has 32 heavy (non-hydrogen) atoms. The fourth-order valence-corrected chi connectivity index (χ4v) is 6.59. The first-order valence-electron chi connectivity index (χ1n) is 11.0. The van der Waals surface area contributed by atoms with E-state index < -0.39 is 10.0 Å². The van der Waals surface area contributed by atoms with Crippen molar-refractivity contribution in [3.8, 4) is 0 Å². The fraction of sp³-hybridized carbons (Fsp3) is 0.500. The molecule has 1 aliphatic heterocycles. The van der Waals surface area contributed by atoms with Gasteiger partial charge in [0.1, 0.15) is 0 Å². The van der Waals surface area contributed by atoms with E-state index in [-0.39, 0.29) is 16.3 Å². The van der Waals surface area contributed by atoms with Crippen LogP contribution in [0.1, 0.15) is 68.6 Å². The second-order valence-corrected chi connectivity index (χ2v) is 12.5.